The van der Waals surface area contributed by atoms with E-state index in [-0.39, 0.29) is 40.6 Å². The molecule has 5 saturated heterocycles. The molecule has 5 aliphatic carbocycles. The molecule has 22 nitrogen and oxygen atoms in total. The Labute approximate surface area is 437 Å². The van der Waals surface area contributed by atoms with E-state index in [1.54, 1.807) is 0 Å². The van der Waals surface area contributed by atoms with Gasteiger partial charge in [0.25, 0.3) is 0 Å². The lowest BCUT2D eigenvalue weighted by Gasteiger charge is -2.74. The molecule has 430 valence electrons. The monoisotopic (exact) mass is 1070 g/mol. The van der Waals surface area contributed by atoms with Crippen LogP contribution in [0.15, 0.2) is 0 Å². The van der Waals surface area contributed by atoms with E-state index in [1.165, 1.54) is 6.92 Å². The Bertz CT molecular complexity index is 2070. The largest absolute Gasteiger partial charge is 0.396 e. The number of hydrogen-bond donors (Lipinski definition) is 12. The molecule has 75 heavy (non-hydrogen) atoms. The highest BCUT2D eigenvalue weighted by molar-refractivity contribution is 5.88. The number of fused-ring (bicyclic) bond motifs is 4. The van der Waals surface area contributed by atoms with Gasteiger partial charge in [-0.25, -0.2) is 0 Å². The summed E-state index contributed by atoms with van der Waals surface area (Å²) in [6.07, 6.45) is -24.1. The van der Waals surface area contributed by atoms with Gasteiger partial charge in [-0.05, 0) is 98.2 Å². The SMILES string of the molecule is C[C@@H]1O[C@@H](O[C@H]2[C@H](O[C@H]3CO[C@@H](O[C@H]4CC[C@]5(C)[C@H]6CC[C@]78OC[C@@]9(CC[C@](C)(CO)C[C@H]97)C(=O)C[C@@]8(C)[C@]6(C)CC[C@H]5C4(C)C)[C@H](O[C@@H]4O[C@H](CO)[C@@H](O)[C@H](O)[C@H]4O)[C@H]3O)O[C@H](CO)[C@@H](O)[C@@H]2O)[C@H](O)[C@H](O)[C@H]1O. The second-order valence-corrected chi connectivity index (χ2v) is 26.2. The summed E-state index contributed by atoms with van der Waals surface area (Å²) in [6, 6.07) is 0. The van der Waals surface area contributed by atoms with Gasteiger partial charge in [0.1, 0.15) is 91.2 Å². The van der Waals surface area contributed by atoms with Gasteiger partial charge in [-0.2, -0.15) is 0 Å². The molecule has 0 radical (unpaired) electrons. The fraction of sp³-hybridized carbons (Fsp3) is 0.981. The molecule has 0 unspecified atom stereocenters. The van der Waals surface area contributed by atoms with Crippen LogP contribution in [0, 0.1) is 50.2 Å². The Morgan fingerprint density at radius 3 is 1.83 bits per heavy atom. The molecule has 0 aromatic rings. The van der Waals surface area contributed by atoms with Gasteiger partial charge in [-0.1, -0.05) is 41.5 Å². The fourth-order valence-corrected chi connectivity index (χ4v) is 17.4. The highest BCUT2D eigenvalue weighted by Gasteiger charge is 2.80. The van der Waals surface area contributed by atoms with Gasteiger partial charge in [-0.15, -0.1) is 0 Å². The molecule has 0 amide bonds. The zero-order valence-corrected chi connectivity index (χ0v) is 44.3. The van der Waals surface area contributed by atoms with Gasteiger partial charge < -0.3 is 104 Å². The number of rotatable bonds is 11. The molecule has 29 atom stereocenters. The second kappa shape index (κ2) is 20.1. The number of aliphatic hydroxyl groups excluding tert-OH is 12. The van der Waals surface area contributed by atoms with E-state index in [0.717, 1.165) is 51.4 Å². The predicted molar refractivity (Wildman–Crippen MR) is 255 cm³/mol. The van der Waals surface area contributed by atoms with Gasteiger partial charge in [0.15, 0.2) is 25.2 Å². The molecule has 10 aliphatic rings. The standard InChI is InChI=1S/C53H86O22/c1-23-32(58)36(62)39(65)43(69-23)75-42-38(64)34(60)25(19-55)71-46(42)72-26-20-67-45(41(35(26)61)74-44-40(66)37(63)33(59)24(18-54)70-44)73-31-10-11-49(5)27(47(31,2)3)8-12-50(6)28(49)9-13-53-29-16-48(4,21-56)14-15-52(29,22-68-53)30(57)17-51(50,53)7/h23-29,31-46,54-56,58-66H,8-22H2,1-7H3/t23-,24+,25+,26-,27-,28+,29+,31-,32-,33+,34+,35-,36+,37-,38-,39+,40+,41+,42+,43-,44-,45-,46-,48-,49-,50+,51-,52+,53-/m0/s1. The summed E-state index contributed by atoms with van der Waals surface area (Å²) >= 11 is 0. The van der Waals surface area contributed by atoms with Crippen LogP contribution in [0.25, 0.3) is 0 Å². The maximum atomic E-state index is 14.7. The lowest BCUT2D eigenvalue weighted by molar-refractivity contribution is -0.394. The van der Waals surface area contributed by atoms with Crippen molar-refractivity contribution in [1.29, 1.82) is 0 Å². The number of ketones is 1. The minimum atomic E-state index is -1.89. The zero-order chi connectivity index (χ0) is 54.3. The summed E-state index contributed by atoms with van der Waals surface area (Å²) in [5.74, 6) is 0.706. The summed E-state index contributed by atoms with van der Waals surface area (Å²) in [7, 11) is 0. The molecule has 0 aromatic carbocycles. The fourth-order valence-electron chi connectivity index (χ4n) is 17.4. The van der Waals surface area contributed by atoms with E-state index in [9.17, 15) is 66.1 Å². The molecule has 10 rings (SSSR count). The van der Waals surface area contributed by atoms with Crippen LogP contribution in [0.1, 0.15) is 113 Å². The molecule has 1 spiro atoms. The van der Waals surface area contributed by atoms with Crippen LogP contribution in [0.2, 0.25) is 0 Å². The van der Waals surface area contributed by atoms with Crippen molar-refractivity contribution < 1.29 is 109 Å². The first-order valence-corrected chi connectivity index (χ1v) is 27.5. The third-order valence-electron chi connectivity index (χ3n) is 22.2. The van der Waals surface area contributed by atoms with Crippen LogP contribution < -0.4 is 0 Å². The van der Waals surface area contributed by atoms with E-state index in [2.05, 4.69) is 41.5 Å². The van der Waals surface area contributed by atoms with Crippen LogP contribution in [-0.2, 0) is 47.4 Å². The molecule has 0 aromatic heterocycles. The summed E-state index contributed by atoms with van der Waals surface area (Å²) in [4.78, 5) is 14.7. The van der Waals surface area contributed by atoms with Crippen molar-refractivity contribution in [1.82, 2.24) is 0 Å². The average molecular weight is 1080 g/mol. The van der Waals surface area contributed by atoms with Gasteiger partial charge in [-0.3, -0.25) is 4.79 Å². The van der Waals surface area contributed by atoms with Gasteiger partial charge in [0, 0.05) is 24.4 Å². The highest BCUT2D eigenvalue weighted by Crippen LogP contribution is 2.80. The first-order chi connectivity index (χ1) is 35.2. The maximum absolute atomic E-state index is 14.7. The summed E-state index contributed by atoms with van der Waals surface area (Å²) in [6.45, 7) is 13.6. The van der Waals surface area contributed by atoms with Crippen LogP contribution in [0.3, 0.4) is 0 Å². The first kappa shape index (κ1) is 57.1. The third kappa shape index (κ3) is 8.54. The predicted octanol–water partition coefficient (Wildman–Crippen LogP) is -1.50. The molecule has 10 fully saturated rings. The van der Waals surface area contributed by atoms with Crippen molar-refractivity contribution in [2.24, 2.45) is 50.2 Å². The van der Waals surface area contributed by atoms with E-state index >= 15 is 0 Å². The van der Waals surface area contributed by atoms with Crippen molar-refractivity contribution in [2.45, 2.75) is 241 Å². The summed E-state index contributed by atoms with van der Waals surface area (Å²) in [5.41, 5.74) is -2.66. The van der Waals surface area contributed by atoms with Crippen LogP contribution in [0.4, 0.5) is 0 Å². The van der Waals surface area contributed by atoms with Crippen LogP contribution in [0.5, 0.6) is 0 Å². The van der Waals surface area contributed by atoms with Crippen molar-refractivity contribution in [3.63, 3.8) is 0 Å². The average Bonchev–Trinajstić information content (AvgIpc) is 3.66. The number of Topliss-reactive ketones (excluding diaryl/α,β-unsaturated/α-hetero) is 1. The Morgan fingerprint density at radius 1 is 0.573 bits per heavy atom. The highest BCUT2D eigenvalue weighted by atomic mass is 16.8. The van der Waals surface area contributed by atoms with Crippen LogP contribution >= 0.6 is 0 Å². The van der Waals surface area contributed by atoms with Gasteiger partial charge in [0.2, 0.25) is 0 Å². The number of hydrogen-bond acceptors (Lipinski definition) is 22. The Morgan fingerprint density at radius 2 is 1.17 bits per heavy atom. The number of carbonyl (C=O) groups excluding carboxylic acids is 1. The lowest BCUT2D eigenvalue weighted by Crippen LogP contribution is -2.73. The molecular formula is C53H86O22. The van der Waals surface area contributed by atoms with Crippen LogP contribution in [-0.4, -0.2) is 229 Å². The smallest absolute Gasteiger partial charge is 0.187 e. The second-order valence-electron chi connectivity index (χ2n) is 26.2. The van der Waals surface area contributed by atoms with Gasteiger partial charge >= 0.3 is 0 Å². The molecule has 12 N–H and O–H groups in total. The summed E-state index contributed by atoms with van der Waals surface area (Å²) < 4.78 is 56.2. The molecule has 5 saturated carbocycles. The molecule has 5 aliphatic heterocycles. The van der Waals surface area contributed by atoms with Crippen molar-refractivity contribution in [3.05, 3.63) is 0 Å². The van der Waals surface area contributed by atoms with Crippen molar-refractivity contribution in [3.8, 4) is 0 Å². The lowest BCUT2D eigenvalue weighted by atomic mass is 9.30. The van der Waals surface area contributed by atoms with Crippen molar-refractivity contribution in [2.75, 3.05) is 33.0 Å². The number of ether oxygens (including phenoxy) is 9. The number of carbonyl (C=O) groups is 1. The van der Waals surface area contributed by atoms with E-state index in [1.807, 2.05) is 0 Å². The van der Waals surface area contributed by atoms with E-state index in [0.29, 0.717) is 25.2 Å². The minimum Gasteiger partial charge on any atom is -0.396 e. The van der Waals surface area contributed by atoms with Gasteiger partial charge in [0.05, 0.1) is 49.7 Å². The Hall–Kier alpha value is -1.17. The Balaban J connectivity index is 0.902. The molecular weight excluding hydrogens is 989 g/mol. The first-order valence-electron chi connectivity index (χ1n) is 27.5. The summed E-state index contributed by atoms with van der Waals surface area (Å²) in [5, 5.41) is 130. The molecule has 2 bridgehead atoms. The Kier molecular flexibility index (Phi) is 15.3. The quantitative estimate of drug-likeness (QED) is 0.105. The third-order valence-corrected chi connectivity index (χ3v) is 22.2. The number of aliphatic hydroxyl groups is 12. The maximum Gasteiger partial charge on any atom is 0.187 e. The van der Waals surface area contributed by atoms with E-state index in [4.69, 9.17) is 42.6 Å². The van der Waals surface area contributed by atoms with Crippen molar-refractivity contribution >= 4 is 5.78 Å². The molecule has 5 heterocycles. The molecule has 22 heteroatoms. The normalized spacial score (nSPS) is 57.6. The minimum absolute atomic E-state index is 0.0434. The van der Waals surface area contributed by atoms with E-state index < -0.39 is 164 Å². The zero-order valence-electron chi connectivity index (χ0n) is 44.3. The topological polar surface area (TPSA) is 343 Å².